The average molecular weight is 277 g/mol. The highest BCUT2D eigenvalue weighted by Gasteiger charge is 2.30. The SMILES string of the molecule is Cc1ccc(C=C[C@@H]2[C@@H](c3ccccc3)CCN2C)cc1. The molecular formula is C20H23N. The molecular weight excluding hydrogens is 254 g/mol. The summed E-state index contributed by atoms with van der Waals surface area (Å²) in [5.74, 6) is 0.609. The van der Waals surface area contributed by atoms with Crippen LogP contribution in [-0.4, -0.2) is 24.5 Å². The molecule has 108 valence electrons. The number of likely N-dealkylation sites (tertiary alicyclic amines) is 1. The molecule has 2 aromatic rings. The zero-order valence-corrected chi connectivity index (χ0v) is 12.9. The molecule has 1 heteroatoms. The summed E-state index contributed by atoms with van der Waals surface area (Å²) in [6.07, 6.45) is 5.88. The Balaban J connectivity index is 1.80. The largest absolute Gasteiger partial charge is 0.299 e. The van der Waals surface area contributed by atoms with E-state index in [2.05, 4.69) is 85.6 Å². The van der Waals surface area contributed by atoms with Crippen LogP contribution in [0.1, 0.15) is 29.0 Å². The van der Waals surface area contributed by atoms with Gasteiger partial charge in [-0.25, -0.2) is 0 Å². The molecule has 0 unspecified atom stereocenters. The summed E-state index contributed by atoms with van der Waals surface area (Å²) in [4.78, 5) is 2.46. The van der Waals surface area contributed by atoms with Gasteiger partial charge in [0.15, 0.2) is 0 Å². The topological polar surface area (TPSA) is 3.24 Å². The second-order valence-electron chi connectivity index (χ2n) is 6.05. The molecule has 1 nitrogen and oxygen atoms in total. The number of aryl methyl sites for hydroxylation is 1. The quantitative estimate of drug-likeness (QED) is 0.798. The first kappa shape index (κ1) is 14.1. The van der Waals surface area contributed by atoms with Crippen molar-refractivity contribution < 1.29 is 0 Å². The van der Waals surface area contributed by atoms with Gasteiger partial charge in [-0.05, 0) is 38.1 Å². The number of hydrogen-bond donors (Lipinski definition) is 0. The molecule has 2 atom stereocenters. The Morgan fingerprint density at radius 2 is 1.71 bits per heavy atom. The summed E-state index contributed by atoms with van der Waals surface area (Å²) in [6.45, 7) is 3.30. The van der Waals surface area contributed by atoms with E-state index in [4.69, 9.17) is 0 Å². The number of nitrogens with zero attached hydrogens (tertiary/aromatic N) is 1. The highest BCUT2D eigenvalue weighted by atomic mass is 15.1. The van der Waals surface area contributed by atoms with E-state index in [0.717, 1.165) is 0 Å². The second-order valence-corrected chi connectivity index (χ2v) is 6.05. The van der Waals surface area contributed by atoms with E-state index < -0.39 is 0 Å². The van der Waals surface area contributed by atoms with Crippen LogP contribution in [0.5, 0.6) is 0 Å². The molecule has 0 bridgehead atoms. The van der Waals surface area contributed by atoms with Crippen molar-refractivity contribution in [2.45, 2.75) is 25.3 Å². The van der Waals surface area contributed by atoms with Crippen molar-refractivity contribution in [2.75, 3.05) is 13.6 Å². The summed E-state index contributed by atoms with van der Waals surface area (Å²) in [7, 11) is 2.23. The molecule has 0 amide bonds. The van der Waals surface area contributed by atoms with Crippen LogP contribution in [0.3, 0.4) is 0 Å². The van der Waals surface area contributed by atoms with Crippen LogP contribution in [0.15, 0.2) is 60.7 Å². The van der Waals surface area contributed by atoms with Crippen LogP contribution < -0.4 is 0 Å². The van der Waals surface area contributed by atoms with Crippen LogP contribution in [0, 0.1) is 6.92 Å². The van der Waals surface area contributed by atoms with Crippen LogP contribution >= 0.6 is 0 Å². The van der Waals surface area contributed by atoms with Crippen molar-refractivity contribution in [1.29, 1.82) is 0 Å². The molecule has 0 spiro atoms. The van der Waals surface area contributed by atoms with Crippen molar-refractivity contribution in [3.63, 3.8) is 0 Å². The molecule has 0 saturated carbocycles. The van der Waals surface area contributed by atoms with Gasteiger partial charge < -0.3 is 0 Å². The summed E-state index contributed by atoms with van der Waals surface area (Å²) in [5, 5.41) is 0. The predicted molar refractivity (Wildman–Crippen MR) is 90.4 cm³/mol. The fourth-order valence-corrected chi connectivity index (χ4v) is 3.20. The predicted octanol–water partition coefficient (Wildman–Crippen LogP) is 4.50. The number of likely N-dealkylation sites (N-methyl/N-ethyl adjacent to an activating group) is 1. The molecule has 1 fully saturated rings. The minimum absolute atomic E-state index is 0.494. The molecule has 3 rings (SSSR count). The van der Waals surface area contributed by atoms with E-state index in [9.17, 15) is 0 Å². The Hall–Kier alpha value is -1.86. The molecule has 0 aromatic heterocycles. The fraction of sp³-hybridized carbons (Fsp3) is 0.300. The summed E-state index contributed by atoms with van der Waals surface area (Å²) >= 11 is 0. The average Bonchev–Trinajstić information content (AvgIpc) is 2.89. The van der Waals surface area contributed by atoms with E-state index >= 15 is 0 Å². The first-order valence-electron chi connectivity index (χ1n) is 7.74. The highest BCUT2D eigenvalue weighted by Crippen LogP contribution is 2.33. The maximum atomic E-state index is 2.46. The summed E-state index contributed by atoms with van der Waals surface area (Å²) < 4.78 is 0. The molecule has 2 aromatic carbocycles. The van der Waals surface area contributed by atoms with Crippen LogP contribution in [-0.2, 0) is 0 Å². The molecule has 21 heavy (non-hydrogen) atoms. The fourth-order valence-electron chi connectivity index (χ4n) is 3.20. The van der Waals surface area contributed by atoms with Gasteiger partial charge in [-0.1, -0.05) is 72.3 Å². The Morgan fingerprint density at radius 1 is 1.00 bits per heavy atom. The van der Waals surface area contributed by atoms with Gasteiger partial charge in [0.1, 0.15) is 0 Å². The third-order valence-electron chi connectivity index (χ3n) is 4.50. The van der Waals surface area contributed by atoms with E-state index in [1.165, 1.54) is 29.7 Å². The van der Waals surface area contributed by atoms with Gasteiger partial charge in [-0.3, -0.25) is 4.90 Å². The lowest BCUT2D eigenvalue weighted by molar-refractivity contribution is 0.347. The minimum Gasteiger partial charge on any atom is -0.299 e. The van der Waals surface area contributed by atoms with Gasteiger partial charge in [0.05, 0.1) is 0 Å². The van der Waals surface area contributed by atoms with Crippen molar-refractivity contribution in [1.82, 2.24) is 4.90 Å². The lowest BCUT2D eigenvalue weighted by Crippen LogP contribution is -2.26. The lowest BCUT2D eigenvalue weighted by Gasteiger charge is -2.22. The standard InChI is InChI=1S/C20H23N/c1-16-8-10-17(11-9-16)12-13-20-19(14-15-21(20)2)18-6-4-3-5-7-18/h3-13,19-20H,14-15H2,1-2H3/t19-,20-/m1/s1. The van der Waals surface area contributed by atoms with Crippen molar-refractivity contribution in [2.24, 2.45) is 0 Å². The van der Waals surface area contributed by atoms with E-state index in [1.54, 1.807) is 0 Å². The molecule has 1 aliphatic heterocycles. The Morgan fingerprint density at radius 3 is 2.43 bits per heavy atom. The van der Waals surface area contributed by atoms with E-state index in [1.807, 2.05) is 0 Å². The maximum Gasteiger partial charge on any atom is 0.0347 e. The van der Waals surface area contributed by atoms with Gasteiger partial charge >= 0.3 is 0 Å². The third-order valence-corrected chi connectivity index (χ3v) is 4.50. The van der Waals surface area contributed by atoms with E-state index in [-0.39, 0.29) is 0 Å². The molecule has 0 radical (unpaired) electrons. The Bertz CT molecular complexity index is 597. The van der Waals surface area contributed by atoms with Crippen molar-refractivity contribution in [3.05, 3.63) is 77.4 Å². The summed E-state index contributed by atoms with van der Waals surface area (Å²) in [5.41, 5.74) is 4.06. The van der Waals surface area contributed by atoms with E-state index in [0.29, 0.717) is 12.0 Å². The molecule has 1 heterocycles. The monoisotopic (exact) mass is 277 g/mol. The van der Waals surface area contributed by atoms with Gasteiger partial charge in [0.2, 0.25) is 0 Å². The Kier molecular flexibility index (Phi) is 4.21. The maximum absolute atomic E-state index is 2.46. The zero-order valence-electron chi connectivity index (χ0n) is 12.9. The minimum atomic E-state index is 0.494. The third kappa shape index (κ3) is 3.25. The number of benzene rings is 2. The van der Waals surface area contributed by atoms with Gasteiger partial charge in [-0.2, -0.15) is 0 Å². The molecule has 0 N–H and O–H groups in total. The molecule has 1 aliphatic rings. The van der Waals surface area contributed by atoms with Crippen LogP contribution in [0.2, 0.25) is 0 Å². The first-order valence-corrected chi connectivity index (χ1v) is 7.74. The lowest BCUT2D eigenvalue weighted by atomic mass is 9.91. The van der Waals surface area contributed by atoms with Crippen molar-refractivity contribution in [3.8, 4) is 0 Å². The number of rotatable bonds is 3. The highest BCUT2D eigenvalue weighted by molar-refractivity contribution is 5.51. The zero-order chi connectivity index (χ0) is 14.7. The normalized spacial score (nSPS) is 23.0. The second kappa shape index (κ2) is 6.28. The van der Waals surface area contributed by atoms with Gasteiger partial charge in [-0.15, -0.1) is 0 Å². The van der Waals surface area contributed by atoms with Crippen molar-refractivity contribution >= 4 is 6.08 Å². The van der Waals surface area contributed by atoms with Crippen LogP contribution in [0.4, 0.5) is 0 Å². The molecule has 1 saturated heterocycles. The van der Waals surface area contributed by atoms with Gasteiger partial charge in [0, 0.05) is 12.0 Å². The summed E-state index contributed by atoms with van der Waals surface area (Å²) in [6, 6.07) is 20.1. The number of hydrogen-bond acceptors (Lipinski definition) is 1. The van der Waals surface area contributed by atoms with Gasteiger partial charge in [0.25, 0.3) is 0 Å². The first-order chi connectivity index (χ1) is 10.2. The Labute approximate surface area is 127 Å². The molecule has 0 aliphatic carbocycles. The smallest absolute Gasteiger partial charge is 0.0347 e. The van der Waals surface area contributed by atoms with Crippen LogP contribution in [0.25, 0.3) is 6.08 Å².